The van der Waals surface area contributed by atoms with Gasteiger partial charge in [-0.05, 0) is 36.0 Å². The van der Waals surface area contributed by atoms with Crippen molar-refractivity contribution in [2.24, 2.45) is 0 Å². The monoisotopic (exact) mass is 186 g/mol. The van der Waals surface area contributed by atoms with Crippen LogP contribution in [0.25, 0.3) is 0 Å². The quantitative estimate of drug-likeness (QED) is 0.637. The van der Waals surface area contributed by atoms with E-state index in [-0.39, 0.29) is 29.6 Å². The van der Waals surface area contributed by atoms with Gasteiger partial charge in [-0.2, -0.15) is 0 Å². The molecule has 68 valence electrons. The van der Waals surface area contributed by atoms with Gasteiger partial charge in [0.1, 0.15) is 0 Å². The van der Waals surface area contributed by atoms with E-state index in [1.165, 1.54) is 16.7 Å². The third kappa shape index (κ3) is 3.84. The molecule has 0 aliphatic carbocycles. The summed E-state index contributed by atoms with van der Waals surface area (Å²) in [5, 5.41) is 0. The molecule has 0 radical (unpaired) electrons. The molecule has 1 aromatic rings. The summed E-state index contributed by atoms with van der Waals surface area (Å²) in [6, 6.07) is 6.96. The van der Waals surface area contributed by atoms with Crippen LogP contribution in [-0.4, -0.2) is 29.6 Å². The average Bonchev–Trinajstić information content (AvgIpc) is 2.16. The Bertz CT molecular complexity index is 198. The Hall–Kier alpha value is 0.220. The van der Waals surface area contributed by atoms with Gasteiger partial charge in [0.05, 0.1) is 0 Å². The summed E-state index contributed by atoms with van der Waals surface area (Å²) in [6.45, 7) is 6.65. The minimum atomic E-state index is 0. The van der Waals surface area contributed by atoms with E-state index in [2.05, 4.69) is 39.0 Å². The summed E-state index contributed by atoms with van der Waals surface area (Å²) in [6.07, 6.45) is 3.46. The first-order chi connectivity index (χ1) is 5.80. The van der Waals surface area contributed by atoms with E-state index in [9.17, 15) is 0 Å². The Labute approximate surface area is 104 Å². The molecule has 0 heterocycles. The predicted molar refractivity (Wildman–Crippen MR) is 61.7 cm³/mol. The Kier molecular flexibility index (Phi) is 6.75. The van der Waals surface area contributed by atoms with Gasteiger partial charge in [-0.25, -0.2) is 0 Å². The topological polar surface area (TPSA) is 0 Å². The molecule has 0 atom stereocenters. The van der Waals surface area contributed by atoms with Crippen molar-refractivity contribution in [1.82, 2.24) is 0 Å². The summed E-state index contributed by atoms with van der Waals surface area (Å²) in [5.74, 6) is 0. The molecule has 0 aliphatic rings. The Balaban J connectivity index is 0.00000144. The van der Waals surface area contributed by atoms with Crippen LogP contribution in [0, 0.1) is 0 Å². The van der Waals surface area contributed by atoms with Gasteiger partial charge in [0.15, 0.2) is 0 Å². The van der Waals surface area contributed by atoms with Crippen LogP contribution in [0.15, 0.2) is 18.2 Å². The van der Waals surface area contributed by atoms with Gasteiger partial charge in [-0.1, -0.05) is 39.0 Å². The van der Waals surface area contributed by atoms with Crippen LogP contribution < -0.4 is 0 Å². The van der Waals surface area contributed by atoms with Crippen molar-refractivity contribution in [2.45, 2.75) is 40.0 Å². The SMILES string of the molecule is CCc1cc(CC)cc(CC)c1.[NaH]. The number of rotatable bonds is 3. The van der Waals surface area contributed by atoms with Gasteiger partial charge in [-0.15, -0.1) is 0 Å². The summed E-state index contributed by atoms with van der Waals surface area (Å²) in [7, 11) is 0. The first-order valence-electron chi connectivity index (χ1n) is 4.91. The summed E-state index contributed by atoms with van der Waals surface area (Å²) >= 11 is 0. The van der Waals surface area contributed by atoms with Crippen molar-refractivity contribution in [2.75, 3.05) is 0 Å². The predicted octanol–water partition coefficient (Wildman–Crippen LogP) is 2.73. The molecule has 0 spiro atoms. The van der Waals surface area contributed by atoms with Gasteiger partial charge in [0.25, 0.3) is 0 Å². The fraction of sp³-hybridized carbons (Fsp3) is 0.500. The molecule has 0 saturated heterocycles. The first-order valence-corrected chi connectivity index (χ1v) is 4.91. The average molecular weight is 186 g/mol. The Morgan fingerprint density at radius 1 is 0.692 bits per heavy atom. The molecule has 0 amide bonds. The summed E-state index contributed by atoms with van der Waals surface area (Å²) in [4.78, 5) is 0. The number of benzene rings is 1. The van der Waals surface area contributed by atoms with Crippen LogP contribution in [0.5, 0.6) is 0 Å². The van der Waals surface area contributed by atoms with Gasteiger partial charge >= 0.3 is 29.6 Å². The first kappa shape index (κ1) is 13.2. The van der Waals surface area contributed by atoms with Crippen LogP contribution in [0.1, 0.15) is 37.5 Å². The number of hydrogen-bond acceptors (Lipinski definition) is 0. The Morgan fingerprint density at radius 2 is 0.923 bits per heavy atom. The molecule has 0 fully saturated rings. The van der Waals surface area contributed by atoms with Gasteiger partial charge in [-0.3, -0.25) is 0 Å². The molecule has 0 aromatic heterocycles. The van der Waals surface area contributed by atoms with E-state index < -0.39 is 0 Å². The molecule has 0 unspecified atom stereocenters. The van der Waals surface area contributed by atoms with E-state index in [0.717, 1.165) is 19.3 Å². The zero-order valence-electron chi connectivity index (χ0n) is 8.35. The second-order valence-corrected chi connectivity index (χ2v) is 3.22. The molecule has 0 N–H and O–H groups in total. The number of hydrogen-bond donors (Lipinski definition) is 0. The van der Waals surface area contributed by atoms with E-state index >= 15 is 0 Å². The van der Waals surface area contributed by atoms with Crippen molar-refractivity contribution < 1.29 is 0 Å². The van der Waals surface area contributed by atoms with Crippen molar-refractivity contribution in [1.29, 1.82) is 0 Å². The van der Waals surface area contributed by atoms with Crippen LogP contribution >= 0.6 is 0 Å². The molecule has 1 aromatic carbocycles. The standard InChI is InChI=1S/C12H18.Na.H/c1-4-10-7-11(5-2)9-12(6-3)8-10;;/h7-9H,4-6H2,1-3H3;;. The fourth-order valence-corrected chi connectivity index (χ4v) is 1.45. The molecule has 1 heteroatoms. The molecule has 0 bridgehead atoms. The zero-order valence-corrected chi connectivity index (χ0v) is 8.35. The van der Waals surface area contributed by atoms with Gasteiger partial charge in [0.2, 0.25) is 0 Å². The van der Waals surface area contributed by atoms with Crippen LogP contribution in [0.4, 0.5) is 0 Å². The normalized spacial score (nSPS) is 9.46. The summed E-state index contributed by atoms with van der Waals surface area (Å²) < 4.78 is 0. The molecule has 0 aliphatic heterocycles. The number of aryl methyl sites for hydroxylation is 3. The molecule has 0 saturated carbocycles. The molecule has 1 rings (SSSR count). The van der Waals surface area contributed by atoms with E-state index in [1.54, 1.807) is 0 Å². The molecule has 0 nitrogen and oxygen atoms in total. The van der Waals surface area contributed by atoms with E-state index in [4.69, 9.17) is 0 Å². The van der Waals surface area contributed by atoms with Crippen LogP contribution in [0.3, 0.4) is 0 Å². The van der Waals surface area contributed by atoms with Crippen molar-refractivity contribution in [3.8, 4) is 0 Å². The fourth-order valence-electron chi connectivity index (χ4n) is 1.45. The molecular formula is C12H19Na. The maximum atomic E-state index is 2.32. The van der Waals surface area contributed by atoms with E-state index in [1.807, 2.05) is 0 Å². The molecular weight excluding hydrogens is 167 g/mol. The van der Waals surface area contributed by atoms with Gasteiger partial charge in [0, 0.05) is 0 Å². The minimum absolute atomic E-state index is 0. The van der Waals surface area contributed by atoms with E-state index in [0.29, 0.717) is 0 Å². The maximum absolute atomic E-state index is 2.32. The zero-order chi connectivity index (χ0) is 8.97. The van der Waals surface area contributed by atoms with Crippen LogP contribution in [0.2, 0.25) is 0 Å². The third-order valence-corrected chi connectivity index (χ3v) is 2.34. The van der Waals surface area contributed by atoms with Crippen molar-refractivity contribution in [3.63, 3.8) is 0 Å². The second-order valence-electron chi connectivity index (χ2n) is 3.22. The Morgan fingerprint density at radius 3 is 1.08 bits per heavy atom. The third-order valence-electron chi connectivity index (χ3n) is 2.34. The van der Waals surface area contributed by atoms with Crippen LogP contribution in [-0.2, 0) is 19.3 Å². The van der Waals surface area contributed by atoms with Crippen molar-refractivity contribution >= 4 is 29.6 Å². The van der Waals surface area contributed by atoms with Gasteiger partial charge < -0.3 is 0 Å². The molecule has 13 heavy (non-hydrogen) atoms. The second kappa shape index (κ2) is 6.64. The van der Waals surface area contributed by atoms with Crippen molar-refractivity contribution in [3.05, 3.63) is 34.9 Å². The summed E-state index contributed by atoms with van der Waals surface area (Å²) in [5.41, 5.74) is 4.43.